The number of allylic oxidation sites excluding steroid dienone is 30. The van der Waals surface area contributed by atoms with Gasteiger partial charge in [0.1, 0.15) is 13.2 Å². The first-order valence-corrected chi connectivity index (χ1v) is 40.9. The summed E-state index contributed by atoms with van der Waals surface area (Å²) in [5.41, 5.74) is 0. The number of aliphatic carboxylic acids is 1. The number of rotatable bonds is 74. The fourth-order valence-electron chi connectivity index (χ4n) is 11.0. The van der Waals surface area contributed by atoms with Crippen LogP contribution in [0.15, 0.2) is 182 Å². The molecular formula is C92H151NO8. The predicted octanol–water partition coefficient (Wildman–Crippen LogP) is 25.4. The molecule has 0 bridgehead atoms. The molecule has 0 radical (unpaired) electrons. The minimum absolute atomic E-state index is 0.141. The van der Waals surface area contributed by atoms with Crippen LogP contribution in [0.5, 0.6) is 0 Å². The van der Waals surface area contributed by atoms with E-state index in [0.717, 1.165) is 141 Å². The molecule has 0 saturated carbocycles. The summed E-state index contributed by atoms with van der Waals surface area (Å²) in [6, 6.07) is 0. The van der Waals surface area contributed by atoms with Gasteiger partial charge in [0.2, 0.25) is 0 Å². The minimum Gasteiger partial charge on any atom is -0.545 e. The van der Waals surface area contributed by atoms with Gasteiger partial charge in [0.05, 0.1) is 40.3 Å². The van der Waals surface area contributed by atoms with E-state index in [1.54, 1.807) is 0 Å². The van der Waals surface area contributed by atoms with E-state index < -0.39 is 24.3 Å². The summed E-state index contributed by atoms with van der Waals surface area (Å²) >= 11 is 0. The lowest BCUT2D eigenvalue weighted by atomic mass is 10.0. The van der Waals surface area contributed by atoms with Gasteiger partial charge in [0.15, 0.2) is 12.4 Å². The Morgan fingerprint density at radius 3 is 0.792 bits per heavy atom. The van der Waals surface area contributed by atoms with Gasteiger partial charge in [0, 0.05) is 12.8 Å². The number of carboxylic acids is 1. The highest BCUT2D eigenvalue weighted by molar-refractivity contribution is 5.70. The number of likely N-dealkylation sites (N-methyl/N-ethyl adjacent to an activating group) is 1. The van der Waals surface area contributed by atoms with Crippen molar-refractivity contribution in [2.75, 3.05) is 47.5 Å². The van der Waals surface area contributed by atoms with E-state index in [0.29, 0.717) is 17.4 Å². The topological polar surface area (TPSA) is 111 Å². The maximum Gasteiger partial charge on any atom is 0.306 e. The Hall–Kier alpha value is -5.61. The average molecular weight is 1400 g/mol. The van der Waals surface area contributed by atoms with Gasteiger partial charge in [-0.15, -0.1) is 0 Å². The highest BCUT2D eigenvalue weighted by Gasteiger charge is 2.22. The van der Waals surface area contributed by atoms with Crippen molar-refractivity contribution in [2.45, 2.75) is 334 Å². The molecule has 2 atom stereocenters. The first kappa shape index (κ1) is 95.4. The van der Waals surface area contributed by atoms with Gasteiger partial charge in [0.25, 0.3) is 0 Å². The molecule has 9 heteroatoms. The van der Waals surface area contributed by atoms with Crippen molar-refractivity contribution in [3.8, 4) is 0 Å². The number of hydrogen-bond donors (Lipinski definition) is 0. The first-order valence-electron chi connectivity index (χ1n) is 40.9. The quantitative estimate of drug-likeness (QED) is 0.0195. The van der Waals surface area contributed by atoms with E-state index >= 15 is 0 Å². The molecule has 0 aliphatic carbocycles. The molecule has 0 fully saturated rings. The normalized spacial score (nSPS) is 13.6. The van der Waals surface area contributed by atoms with Gasteiger partial charge in [-0.2, -0.15) is 0 Å². The molecule has 0 N–H and O–H groups in total. The number of quaternary nitrogens is 1. The molecule has 0 aromatic carbocycles. The Bertz CT molecular complexity index is 2330. The Morgan fingerprint density at radius 1 is 0.297 bits per heavy atom. The zero-order valence-electron chi connectivity index (χ0n) is 65.5. The monoisotopic (exact) mass is 1400 g/mol. The van der Waals surface area contributed by atoms with Crippen LogP contribution in [0.25, 0.3) is 0 Å². The standard InChI is InChI=1S/C92H151NO8/c1-6-8-10-12-14-16-18-20-22-24-26-28-30-32-34-36-38-40-42-44-45-47-49-51-53-55-57-59-61-63-65-67-69-71-73-75-77-79-81-83-90(95)101-88(87-100-92(91(96)97)98-85-84-93(3,4)5)86-99-89(94)82-80-78-76-74-72-70-68-66-64-62-60-58-56-54-52-50-48-46-43-41-39-37-35-33-31-29-27-25-23-21-19-17-15-13-11-9-7-2/h8-11,14-17,20-23,26-29,32-35,38-41,44-45,49,51,55,57,88,92H,6-7,12-13,18-19,24-25,30-31,36-37,42-43,46-48,50,52-54,56,58-87H2,1-5H3/b10-8-,11-9-,16-14-,17-15-,22-20-,23-21-,28-26-,29-27-,34-32-,35-33-,40-38-,41-39-,45-44-,51-49-,57-55-. The van der Waals surface area contributed by atoms with Crippen LogP contribution >= 0.6 is 0 Å². The number of hydrogen-bond acceptors (Lipinski definition) is 8. The molecule has 0 aromatic heterocycles. The fraction of sp³-hybridized carbons (Fsp3) is 0.641. The maximum atomic E-state index is 13.0. The summed E-state index contributed by atoms with van der Waals surface area (Å²) in [5.74, 6) is -2.29. The molecular weight excluding hydrogens is 1250 g/mol. The number of unbranched alkanes of at least 4 members (excludes halogenated alkanes) is 29. The van der Waals surface area contributed by atoms with Crippen molar-refractivity contribution in [3.63, 3.8) is 0 Å². The third-order valence-electron chi connectivity index (χ3n) is 17.1. The van der Waals surface area contributed by atoms with Crippen LogP contribution in [-0.2, 0) is 33.3 Å². The summed E-state index contributed by atoms with van der Waals surface area (Å²) in [6.45, 7) is 4.53. The number of carboxylic acid groups (broad SMARTS) is 1. The zero-order chi connectivity index (χ0) is 73.2. The van der Waals surface area contributed by atoms with Crippen molar-refractivity contribution in [1.82, 2.24) is 0 Å². The van der Waals surface area contributed by atoms with Crippen LogP contribution in [0.3, 0.4) is 0 Å². The van der Waals surface area contributed by atoms with E-state index in [1.165, 1.54) is 148 Å². The first-order chi connectivity index (χ1) is 49.6. The van der Waals surface area contributed by atoms with E-state index in [9.17, 15) is 19.5 Å². The lowest BCUT2D eigenvalue weighted by Gasteiger charge is -2.26. The molecule has 0 aliphatic heterocycles. The lowest BCUT2D eigenvalue weighted by Crippen LogP contribution is -2.44. The Labute approximate surface area is 621 Å². The van der Waals surface area contributed by atoms with Gasteiger partial charge >= 0.3 is 11.9 Å². The second-order valence-electron chi connectivity index (χ2n) is 27.9. The maximum absolute atomic E-state index is 13.0. The van der Waals surface area contributed by atoms with Gasteiger partial charge in [-0.1, -0.05) is 357 Å². The van der Waals surface area contributed by atoms with E-state index in [4.69, 9.17) is 18.9 Å². The van der Waals surface area contributed by atoms with Crippen LogP contribution in [0, 0.1) is 0 Å². The third kappa shape index (κ3) is 81.6. The Kier molecular flexibility index (Phi) is 75.6. The minimum atomic E-state index is -1.63. The molecule has 0 aromatic rings. The summed E-state index contributed by atoms with van der Waals surface area (Å²) in [5, 5.41) is 11.9. The molecule has 0 rings (SSSR count). The van der Waals surface area contributed by atoms with Crippen molar-refractivity contribution >= 4 is 17.9 Å². The number of ether oxygens (including phenoxy) is 4. The van der Waals surface area contributed by atoms with E-state index in [-0.39, 0.29) is 38.6 Å². The van der Waals surface area contributed by atoms with Crippen molar-refractivity contribution in [2.24, 2.45) is 0 Å². The van der Waals surface area contributed by atoms with Crippen LogP contribution in [0.2, 0.25) is 0 Å². The average Bonchev–Trinajstić information content (AvgIpc) is 1.21. The zero-order valence-corrected chi connectivity index (χ0v) is 65.5. The largest absolute Gasteiger partial charge is 0.545 e. The SMILES string of the molecule is CC/C=C\C/C=C\C/C=C\C/C=C\C/C=C\C/C=C\C/C=C\C/C=C\C/C=C\CCCCCCCCCCCCCC(=O)OC(COC(=O)CCCCCCCCCCCCCCCCCCCC/C=C\C/C=C\C/C=C\C/C=C\C/C=C\C/C=C\CC)COC(OCC[N+](C)(C)C)C(=O)[O-]. The summed E-state index contributed by atoms with van der Waals surface area (Å²) in [7, 11) is 5.93. The molecule has 572 valence electrons. The smallest absolute Gasteiger partial charge is 0.306 e. The van der Waals surface area contributed by atoms with Gasteiger partial charge in [-0.05, 0) is 135 Å². The van der Waals surface area contributed by atoms with Gasteiger partial charge in [-0.25, -0.2) is 0 Å². The van der Waals surface area contributed by atoms with Crippen molar-refractivity contribution in [3.05, 3.63) is 182 Å². The van der Waals surface area contributed by atoms with E-state index in [2.05, 4.69) is 196 Å². The number of carbonyl (C=O) groups is 3. The van der Waals surface area contributed by atoms with Crippen LogP contribution in [-0.4, -0.2) is 82.3 Å². The molecule has 0 spiro atoms. The molecule has 0 aliphatic rings. The molecule has 0 heterocycles. The Morgan fingerprint density at radius 2 is 0.535 bits per heavy atom. The van der Waals surface area contributed by atoms with Crippen LogP contribution in [0.1, 0.15) is 322 Å². The van der Waals surface area contributed by atoms with Crippen molar-refractivity contribution in [1.29, 1.82) is 0 Å². The number of carbonyl (C=O) groups excluding carboxylic acids is 3. The predicted molar refractivity (Wildman–Crippen MR) is 435 cm³/mol. The lowest BCUT2D eigenvalue weighted by molar-refractivity contribution is -0.870. The van der Waals surface area contributed by atoms with Crippen molar-refractivity contribution < 1.29 is 42.9 Å². The molecule has 101 heavy (non-hydrogen) atoms. The van der Waals surface area contributed by atoms with Gasteiger partial charge in [-0.3, -0.25) is 9.59 Å². The highest BCUT2D eigenvalue weighted by atomic mass is 16.7. The fourth-order valence-corrected chi connectivity index (χ4v) is 11.0. The second-order valence-corrected chi connectivity index (χ2v) is 27.9. The summed E-state index contributed by atoms with van der Waals surface area (Å²) in [6.07, 6.45) is 119. The van der Waals surface area contributed by atoms with Gasteiger partial charge < -0.3 is 33.3 Å². The molecule has 2 unspecified atom stereocenters. The second kappa shape index (κ2) is 80.1. The third-order valence-corrected chi connectivity index (χ3v) is 17.1. The molecule has 0 saturated heterocycles. The number of nitrogens with zero attached hydrogens (tertiary/aromatic N) is 1. The number of esters is 2. The van der Waals surface area contributed by atoms with E-state index in [1.807, 2.05) is 21.1 Å². The molecule has 9 nitrogen and oxygen atoms in total. The highest BCUT2D eigenvalue weighted by Crippen LogP contribution is 2.18. The summed E-state index contributed by atoms with van der Waals surface area (Å²) in [4.78, 5) is 37.6. The van der Waals surface area contributed by atoms with Crippen LogP contribution < -0.4 is 5.11 Å². The van der Waals surface area contributed by atoms with Crippen LogP contribution in [0.4, 0.5) is 0 Å². The molecule has 0 amide bonds. The Balaban J connectivity index is 4.07. The summed E-state index contributed by atoms with van der Waals surface area (Å²) < 4.78 is 22.9.